The molecule has 0 spiro atoms. The first-order chi connectivity index (χ1) is 9.34. The molecule has 0 saturated carbocycles. The molecule has 3 nitrogen and oxygen atoms in total. The van der Waals surface area contributed by atoms with E-state index >= 15 is 0 Å². The highest BCUT2D eigenvalue weighted by Crippen LogP contribution is 2.47. The van der Waals surface area contributed by atoms with E-state index in [4.69, 9.17) is 5.11 Å². The van der Waals surface area contributed by atoms with Crippen LogP contribution in [-0.2, 0) is 16.6 Å². The maximum atomic E-state index is 11.0. The molecule has 0 aliphatic heterocycles. The first-order valence-electron chi connectivity index (χ1n) is 7.04. The lowest BCUT2D eigenvalue weighted by molar-refractivity contribution is -0.137. The Morgan fingerprint density at radius 2 is 2.20 bits per heavy atom. The highest BCUT2D eigenvalue weighted by molar-refractivity contribution is 5.67. The summed E-state index contributed by atoms with van der Waals surface area (Å²) in [6.45, 7) is 8.25. The van der Waals surface area contributed by atoms with Crippen molar-refractivity contribution in [3.63, 3.8) is 0 Å². The summed E-state index contributed by atoms with van der Waals surface area (Å²) in [5, 5.41) is 18.7. The minimum Gasteiger partial charge on any atom is -0.508 e. The van der Waals surface area contributed by atoms with Crippen LogP contribution in [0, 0.1) is 5.92 Å². The predicted molar refractivity (Wildman–Crippen MR) is 79.0 cm³/mol. The summed E-state index contributed by atoms with van der Waals surface area (Å²) in [5.74, 6) is -0.199. The first kappa shape index (κ1) is 14.6. The molecule has 0 aromatic heterocycles. The Morgan fingerprint density at radius 1 is 1.50 bits per heavy atom. The van der Waals surface area contributed by atoms with Crippen LogP contribution in [0.25, 0.3) is 0 Å². The normalized spacial score (nSPS) is 25.0. The van der Waals surface area contributed by atoms with Gasteiger partial charge in [0.15, 0.2) is 0 Å². The van der Waals surface area contributed by atoms with Crippen molar-refractivity contribution >= 4 is 5.97 Å². The summed E-state index contributed by atoms with van der Waals surface area (Å²) in [5.41, 5.74) is 3.19. The van der Waals surface area contributed by atoms with Crippen LogP contribution in [0.3, 0.4) is 0 Å². The van der Waals surface area contributed by atoms with Gasteiger partial charge in [-0.05, 0) is 60.8 Å². The van der Waals surface area contributed by atoms with Crippen LogP contribution >= 0.6 is 0 Å². The zero-order valence-corrected chi connectivity index (χ0v) is 12.1. The van der Waals surface area contributed by atoms with Crippen molar-refractivity contribution in [1.29, 1.82) is 0 Å². The molecule has 0 saturated heterocycles. The number of phenolic OH excluding ortho intramolecular Hbond substituents is 1. The van der Waals surface area contributed by atoms with Crippen molar-refractivity contribution in [3.05, 3.63) is 41.5 Å². The number of hydrogen-bond acceptors (Lipinski definition) is 2. The van der Waals surface area contributed by atoms with Gasteiger partial charge in [0.1, 0.15) is 5.75 Å². The average molecular weight is 274 g/mol. The van der Waals surface area contributed by atoms with Crippen LogP contribution in [0.2, 0.25) is 0 Å². The molecule has 20 heavy (non-hydrogen) atoms. The summed E-state index contributed by atoms with van der Waals surface area (Å²) >= 11 is 0. The number of aryl methyl sites for hydroxylation is 1. The Kier molecular flexibility index (Phi) is 3.89. The van der Waals surface area contributed by atoms with E-state index in [9.17, 15) is 9.90 Å². The van der Waals surface area contributed by atoms with Crippen LogP contribution in [0.15, 0.2) is 30.4 Å². The predicted octanol–water partition coefficient (Wildman–Crippen LogP) is 3.65. The van der Waals surface area contributed by atoms with E-state index in [2.05, 4.69) is 13.5 Å². The van der Waals surface area contributed by atoms with Gasteiger partial charge in [-0.1, -0.05) is 25.1 Å². The summed E-state index contributed by atoms with van der Waals surface area (Å²) in [7, 11) is 0. The molecule has 0 unspecified atom stereocenters. The van der Waals surface area contributed by atoms with Crippen LogP contribution in [0.4, 0.5) is 0 Å². The number of benzene rings is 1. The molecule has 1 aromatic rings. The Labute approximate surface area is 120 Å². The van der Waals surface area contributed by atoms with Crippen LogP contribution in [-0.4, -0.2) is 16.2 Å². The molecule has 1 aliphatic rings. The van der Waals surface area contributed by atoms with Crippen LogP contribution < -0.4 is 0 Å². The second-order valence-electron chi connectivity index (χ2n) is 6.09. The van der Waals surface area contributed by atoms with E-state index in [1.807, 2.05) is 19.1 Å². The quantitative estimate of drug-likeness (QED) is 0.824. The molecule has 0 heterocycles. The molecule has 2 atom stereocenters. The Balaban J connectivity index is 2.46. The summed E-state index contributed by atoms with van der Waals surface area (Å²) < 4.78 is 0. The zero-order valence-electron chi connectivity index (χ0n) is 12.1. The topological polar surface area (TPSA) is 57.5 Å². The third-order valence-corrected chi connectivity index (χ3v) is 4.63. The average Bonchev–Trinajstić information content (AvgIpc) is 2.36. The second kappa shape index (κ2) is 5.31. The third kappa shape index (κ3) is 2.58. The van der Waals surface area contributed by atoms with Gasteiger partial charge in [-0.2, -0.15) is 0 Å². The first-order valence-corrected chi connectivity index (χ1v) is 7.04. The SMILES string of the molecule is C=C(C)[C@@H]1CCc2cc(O)ccc2[C@@]1(C)CCC(=O)O. The molecule has 2 N–H and O–H groups in total. The van der Waals surface area contributed by atoms with Crippen molar-refractivity contribution < 1.29 is 15.0 Å². The molecule has 0 bridgehead atoms. The summed E-state index contributed by atoms with van der Waals surface area (Å²) in [6.07, 6.45) is 2.62. The standard InChI is InChI=1S/C17H22O3/c1-11(2)14-6-4-12-10-13(18)5-7-15(12)17(14,3)9-8-16(19)20/h5,7,10,14,18H,1,4,6,8-9H2,2-3H3,(H,19,20)/t14-,17-/m0/s1. The van der Waals surface area contributed by atoms with Gasteiger partial charge in [0.05, 0.1) is 0 Å². The molecule has 1 aromatic carbocycles. The number of fused-ring (bicyclic) bond motifs is 1. The van der Waals surface area contributed by atoms with Gasteiger partial charge in [0.2, 0.25) is 0 Å². The second-order valence-corrected chi connectivity index (χ2v) is 6.09. The number of carbonyl (C=O) groups is 1. The Hall–Kier alpha value is -1.77. The molecule has 3 heteroatoms. The van der Waals surface area contributed by atoms with Gasteiger partial charge >= 0.3 is 5.97 Å². The number of rotatable bonds is 4. The lowest BCUT2D eigenvalue weighted by Gasteiger charge is -2.43. The van der Waals surface area contributed by atoms with Gasteiger partial charge in [-0.3, -0.25) is 4.79 Å². The maximum Gasteiger partial charge on any atom is 0.303 e. The van der Waals surface area contributed by atoms with Crippen molar-refractivity contribution in [2.75, 3.05) is 0 Å². The number of hydrogen-bond donors (Lipinski definition) is 2. The minimum atomic E-state index is -0.766. The molecular weight excluding hydrogens is 252 g/mol. The van der Waals surface area contributed by atoms with E-state index < -0.39 is 5.97 Å². The number of phenols is 1. The molecule has 0 amide bonds. The van der Waals surface area contributed by atoms with E-state index in [0.29, 0.717) is 12.3 Å². The lowest BCUT2D eigenvalue weighted by Crippen LogP contribution is -2.38. The number of carboxylic acids is 1. The van der Waals surface area contributed by atoms with Crippen molar-refractivity contribution in [2.24, 2.45) is 5.92 Å². The van der Waals surface area contributed by atoms with Crippen molar-refractivity contribution in [2.45, 2.75) is 44.9 Å². The molecule has 2 rings (SSSR count). The fourth-order valence-electron chi connectivity index (χ4n) is 3.62. The fraction of sp³-hybridized carbons (Fsp3) is 0.471. The monoisotopic (exact) mass is 274 g/mol. The van der Waals surface area contributed by atoms with Gasteiger partial charge < -0.3 is 10.2 Å². The van der Waals surface area contributed by atoms with Crippen molar-refractivity contribution in [1.82, 2.24) is 0 Å². The van der Waals surface area contributed by atoms with E-state index in [1.165, 1.54) is 0 Å². The van der Waals surface area contributed by atoms with Crippen molar-refractivity contribution in [3.8, 4) is 5.75 Å². The summed E-state index contributed by atoms with van der Waals surface area (Å²) in [6, 6.07) is 5.45. The third-order valence-electron chi connectivity index (χ3n) is 4.63. The van der Waals surface area contributed by atoms with E-state index in [1.54, 1.807) is 6.07 Å². The molecule has 0 fully saturated rings. The van der Waals surface area contributed by atoms with Gasteiger partial charge in [-0.15, -0.1) is 0 Å². The lowest BCUT2D eigenvalue weighted by atomic mass is 9.60. The van der Waals surface area contributed by atoms with Gasteiger partial charge in [-0.25, -0.2) is 0 Å². The Morgan fingerprint density at radius 3 is 2.80 bits per heavy atom. The van der Waals surface area contributed by atoms with E-state index in [-0.39, 0.29) is 17.6 Å². The Bertz CT molecular complexity index is 547. The minimum absolute atomic E-state index is 0.153. The molecular formula is C17H22O3. The number of carboxylic acid groups (broad SMARTS) is 1. The maximum absolute atomic E-state index is 11.0. The number of aliphatic carboxylic acids is 1. The highest BCUT2D eigenvalue weighted by Gasteiger charge is 2.40. The summed E-state index contributed by atoms with van der Waals surface area (Å²) in [4.78, 5) is 11.0. The van der Waals surface area contributed by atoms with E-state index in [0.717, 1.165) is 29.5 Å². The molecule has 0 radical (unpaired) electrons. The fourth-order valence-corrected chi connectivity index (χ4v) is 3.62. The number of allylic oxidation sites excluding steroid dienone is 1. The number of aromatic hydroxyl groups is 1. The molecule has 108 valence electrons. The van der Waals surface area contributed by atoms with Gasteiger partial charge in [0.25, 0.3) is 0 Å². The van der Waals surface area contributed by atoms with Crippen LogP contribution in [0.1, 0.15) is 44.2 Å². The van der Waals surface area contributed by atoms with Crippen LogP contribution in [0.5, 0.6) is 5.75 Å². The van der Waals surface area contributed by atoms with Gasteiger partial charge in [0, 0.05) is 6.42 Å². The zero-order chi connectivity index (χ0) is 14.9. The highest BCUT2D eigenvalue weighted by atomic mass is 16.4. The largest absolute Gasteiger partial charge is 0.508 e. The smallest absolute Gasteiger partial charge is 0.303 e. The molecule has 1 aliphatic carbocycles.